The smallest absolute Gasteiger partial charge is 0.0931 e. The largest absolute Gasteiger partial charge is 0.320 e. The Morgan fingerprint density at radius 2 is 2.38 bits per heavy atom. The van der Waals surface area contributed by atoms with Crippen LogP contribution in [-0.4, -0.2) is 4.37 Å². The number of aromatic nitrogens is 1. The van der Waals surface area contributed by atoms with Gasteiger partial charge in [0.2, 0.25) is 0 Å². The van der Waals surface area contributed by atoms with E-state index < -0.39 is 0 Å². The molecule has 1 atom stereocenters. The van der Waals surface area contributed by atoms with Crippen molar-refractivity contribution in [1.82, 2.24) is 4.37 Å². The molecule has 0 aliphatic carbocycles. The highest BCUT2D eigenvalue weighted by molar-refractivity contribution is 7.14. The van der Waals surface area contributed by atoms with Gasteiger partial charge in [-0.3, -0.25) is 0 Å². The summed E-state index contributed by atoms with van der Waals surface area (Å²) in [6.45, 7) is 0. The Balaban J connectivity index is 2.28. The van der Waals surface area contributed by atoms with Crippen molar-refractivity contribution >= 4 is 34.5 Å². The molecule has 2 rings (SSSR count). The van der Waals surface area contributed by atoms with Crippen molar-refractivity contribution in [2.45, 2.75) is 6.04 Å². The van der Waals surface area contributed by atoms with E-state index in [2.05, 4.69) is 4.37 Å². The topological polar surface area (TPSA) is 38.9 Å². The van der Waals surface area contributed by atoms with E-state index >= 15 is 0 Å². The summed E-state index contributed by atoms with van der Waals surface area (Å²) in [6.07, 6.45) is 1.76. The first-order valence-corrected chi connectivity index (χ1v) is 5.70. The summed E-state index contributed by atoms with van der Waals surface area (Å²) in [7, 11) is 0. The molecule has 2 aromatic heterocycles. The van der Waals surface area contributed by atoms with Crippen LogP contribution in [0.25, 0.3) is 0 Å². The Morgan fingerprint density at radius 1 is 1.54 bits per heavy atom. The number of hydrogen-bond acceptors (Lipinski definition) is 4. The first kappa shape index (κ1) is 9.15. The van der Waals surface area contributed by atoms with E-state index in [1.165, 1.54) is 22.9 Å². The van der Waals surface area contributed by atoms with Gasteiger partial charge in [-0.2, -0.15) is 0 Å². The standard InChI is InChI=1S/C8H7ClN2S2/c9-7-3-5(4-12-7)8(10)6-1-2-11-13-6/h1-4,8H,10H2. The molecule has 68 valence electrons. The summed E-state index contributed by atoms with van der Waals surface area (Å²) >= 11 is 8.74. The summed E-state index contributed by atoms with van der Waals surface area (Å²) in [4.78, 5) is 1.06. The van der Waals surface area contributed by atoms with Gasteiger partial charge in [0, 0.05) is 11.1 Å². The van der Waals surface area contributed by atoms with Gasteiger partial charge < -0.3 is 5.73 Å². The average Bonchev–Trinajstić information content (AvgIpc) is 2.72. The molecule has 2 nitrogen and oxygen atoms in total. The van der Waals surface area contributed by atoms with E-state index in [0.29, 0.717) is 0 Å². The fraction of sp³-hybridized carbons (Fsp3) is 0.125. The van der Waals surface area contributed by atoms with Gasteiger partial charge in [-0.1, -0.05) is 11.6 Å². The summed E-state index contributed by atoms with van der Waals surface area (Å²) < 4.78 is 4.78. The molecule has 0 fully saturated rings. The van der Waals surface area contributed by atoms with Crippen LogP contribution in [0.1, 0.15) is 16.5 Å². The Labute approximate surface area is 89.1 Å². The van der Waals surface area contributed by atoms with E-state index in [-0.39, 0.29) is 6.04 Å². The van der Waals surface area contributed by atoms with Crippen LogP contribution in [0.15, 0.2) is 23.7 Å². The van der Waals surface area contributed by atoms with E-state index in [1.54, 1.807) is 6.20 Å². The van der Waals surface area contributed by atoms with Crippen LogP contribution in [0.3, 0.4) is 0 Å². The van der Waals surface area contributed by atoms with Crippen molar-refractivity contribution in [2.24, 2.45) is 5.73 Å². The van der Waals surface area contributed by atoms with Gasteiger partial charge in [-0.15, -0.1) is 11.3 Å². The van der Waals surface area contributed by atoms with Crippen molar-refractivity contribution in [3.63, 3.8) is 0 Å². The molecular formula is C8H7ClN2S2. The number of nitrogens with zero attached hydrogens (tertiary/aromatic N) is 1. The Kier molecular flexibility index (Phi) is 2.64. The molecular weight excluding hydrogens is 224 g/mol. The first-order valence-electron chi connectivity index (χ1n) is 3.67. The number of hydrogen-bond donors (Lipinski definition) is 1. The Morgan fingerprint density at radius 3 is 2.92 bits per heavy atom. The third-order valence-electron chi connectivity index (χ3n) is 1.71. The number of nitrogens with two attached hydrogens (primary N) is 1. The fourth-order valence-electron chi connectivity index (χ4n) is 1.04. The maximum Gasteiger partial charge on any atom is 0.0931 e. The molecule has 0 spiro atoms. The zero-order chi connectivity index (χ0) is 9.26. The lowest BCUT2D eigenvalue weighted by molar-refractivity contribution is 0.899. The molecule has 0 aliphatic rings. The highest BCUT2D eigenvalue weighted by Gasteiger charge is 2.11. The molecule has 2 aromatic rings. The third-order valence-corrected chi connectivity index (χ3v) is 3.65. The summed E-state index contributed by atoms with van der Waals surface area (Å²) in [5.41, 5.74) is 7.05. The number of rotatable bonds is 2. The predicted molar refractivity (Wildman–Crippen MR) is 57.5 cm³/mol. The fourth-order valence-corrected chi connectivity index (χ4v) is 2.58. The van der Waals surface area contributed by atoms with E-state index in [1.807, 2.05) is 17.5 Å². The highest BCUT2D eigenvalue weighted by Crippen LogP contribution is 2.28. The van der Waals surface area contributed by atoms with Crippen molar-refractivity contribution in [2.75, 3.05) is 0 Å². The van der Waals surface area contributed by atoms with Gasteiger partial charge in [-0.05, 0) is 34.6 Å². The van der Waals surface area contributed by atoms with E-state index in [4.69, 9.17) is 17.3 Å². The third kappa shape index (κ3) is 1.91. The second kappa shape index (κ2) is 3.75. The SMILES string of the molecule is NC(c1csc(Cl)c1)c1ccns1. The van der Waals surface area contributed by atoms with Crippen molar-refractivity contribution < 1.29 is 0 Å². The number of halogens is 1. The zero-order valence-corrected chi connectivity index (χ0v) is 8.99. The van der Waals surface area contributed by atoms with Gasteiger partial charge in [0.05, 0.1) is 10.4 Å². The van der Waals surface area contributed by atoms with Gasteiger partial charge >= 0.3 is 0 Å². The first-order chi connectivity index (χ1) is 6.27. The minimum absolute atomic E-state index is 0.0868. The van der Waals surface area contributed by atoms with Crippen molar-refractivity contribution in [3.05, 3.63) is 38.5 Å². The predicted octanol–water partition coefficient (Wildman–Crippen LogP) is 2.91. The quantitative estimate of drug-likeness (QED) is 0.862. The van der Waals surface area contributed by atoms with Crippen LogP contribution in [0, 0.1) is 0 Å². The van der Waals surface area contributed by atoms with Gasteiger partial charge in [0.25, 0.3) is 0 Å². The Hall–Kier alpha value is -0.420. The lowest BCUT2D eigenvalue weighted by Crippen LogP contribution is -2.08. The second-order valence-electron chi connectivity index (χ2n) is 2.58. The maximum atomic E-state index is 5.99. The van der Waals surface area contributed by atoms with Gasteiger partial charge in [0.15, 0.2) is 0 Å². The molecule has 0 aromatic carbocycles. The van der Waals surface area contributed by atoms with Crippen LogP contribution in [0.2, 0.25) is 4.34 Å². The lowest BCUT2D eigenvalue weighted by Gasteiger charge is -2.04. The molecule has 0 saturated heterocycles. The van der Waals surface area contributed by atoms with E-state index in [0.717, 1.165) is 14.8 Å². The lowest BCUT2D eigenvalue weighted by atomic mass is 10.1. The molecule has 0 bridgehead atoms. The van der Waals surface area contributed by atoms with Crippen LogP contribution in [-0.2, 0) is 0 Å². The van der Waals surface area contributed by atoms with Crippen LogP contribution >= 0.6 is 34.5 Å². The Bertz CT molecular complexity index is 383. The molecule has 0 amide bonds. The average molecular weight is 231 g/mol. The maximum absolute atomic E-state index is 5.99. The molecule has 5 heteroatoms. The molecule has 0 radical (unpaired) electrons. The van der Waals surface area contributed by atoms with E-state index in [9.17, 15) is 0 Å². The van der Waals surface area contributed by atoms with Crippen molar-refractivity contribution in [3.8, 4) is 0 Å². The van der Waals surface area contributed by atoms with Gasteiger partial charge in [0.1, 0.15) is 0 Å². The second-order valence-corrected chi connectivity index (χ2v) is 4.98. The molecule has 2 N–H and O–H groups in total. The monoisotopic (exact) mass is 230 g/mol. The molecule has 0 saturated carbocycles. The van der Waals surface area contributed by atoms with Gasteiger partial charge in [-0.25, -0.2) is 4.37 Å². The summed E-state index contributed by atoms with van der Waals surface area (Å²) in [5.74, 6) is 0. The molecule has 13 heavy (non-hydrogen) atoms. The minimum atomic E-state index is -0.0868. The molecule has 2 heterocycles. The van der Waals surface area contributed by atoms with Crippen molar-refractivity contribution in [1.29, 1.82) is 0 Å². The molecule has 0 aliphatic heterocycles. The summed E-state index contributed by atoms with van der Waals surface area (Å²) in [6, 6.07) is 3.74. The normalized spacial score (nSPS) is 13.1. The number of thiophene rings is 1. The van der Waals surface area contributed by atoms with Crippen LogP contribution in [0.4, 0.5) is 0 Å². The van der Waals surface area contributed by atoms with Crippen LogP contribution in [0.5, 0.6) is 0 Å². The minimum Gasteiger partial charge on any atom is -0.320 e. The summed E-state index contributed by atoms with van der Waals surface area (Å²) in [5, 5.41) is 1.98. The highest BCUT2D eigenvalue weighted by atomic mass is 35.5. The molecule has 1 unspecified atom stereocenters. The van der Waals surface area contributed by atoms with Crippen LogP contribution < -0.4 is 5.73 Å². The zero-order valence-electron chi connectivity index (χ0n) is 6.61.